The summed E-state index contributed by atoms with van der Waals surface area (Å²) in [5.74, 6) is 1.01. The van der Waals surface area contributed by atoms with Gasteiger partial charge >= 0.3 is 0 Å². The normalized spacial score (nSPS) is 11.1. The van der Waals surface area contributed by atoms with Crippen molar-refractivity contribution >= 4 is 0 Å². The summed E-state index contributed by atoms with van der Waals surface area (Å²) in [6.45, 7) is 11.0. The highest BCUT2D eigenvalue weighted by Crippen LogP contribution is 2.14. The van der Waals surface area contributed by atoms with E-state index in [9.17, 15) is 0 Å². The van der Waals surface area contributed by atoms with Crippen LogP contribution in [0.1, 0.15) is 71.3 Å². The van der Waals surface area contributed by atoms with E-state index in [0.717, 1.165) is 18.9 Å². The summed E-state index contributed by atoms with van der Waals surface area (Å²) in [7, 11) is 0. The summed E-state index contributed by atoms with van der Waals surface area (Å²) < 4.78 is 5.94. The molecule has 1 aromatic rings. The smallest absolute Gasteiger partial charge is 0.119 e. The zero-order valence-electron chi connectivity index (χ0n) is 15.7. The summed E-state index contributed by atoms with van der Waals surface area (Å²) in [5.41, 5.74) is 1.43. The molecule has 0 fully saturated rings. The first kappa shape index (κ1) is 20.0. The summed E-state index contributed by atoms with van der Waals surface area (Å²) >= 11 is 0. The van der Waals surface area contributed by atoms with Gasteiger partial charge in [-0.15, -0.1) is 0 Å². The number of hydrogen-bond acceptors (Lipinski definition) is 2. The second kappa shape index (κ2) is 13.4. The zero-order chi connectivity index (χ0) is 16.8. The van der Waals surface area contributed by atoms with Gasteiger partial charge in [-0.25, -0.2) is 0 Å². The highest BCUT2D eigenvalue weighted by Gasteiger charge is 2.04. The molecule has 1 rings (SSSR count). The SMILES string of the molecule is CCCCCc1ccc(OCCN(CCCC)CCCC)cc1. The van der Waals surface area contributed by atoms with Crippen LogP contribution < -0.4 is 4.74 Å². The van der Waals surface area contributed by atoms with Gasteiger partial charge in [0.05, 0.1) is 0 Å². The molecule has 0 aliphatic rings. The lowest BCUT2D eigenvalue weighted by molar-refractivity contribution is 0.204. The fraction of sp³-hybridized carbons (Fsp3) is 0.714. The van der Waals surface area contributed by atoms with Gasteiger partial charge in [0.2, 0.25) is 0 Å². The van der Waals surface area contributed by atoms with Gasteiger partial charge < -0.3 is 4.74 Å². The minimum absolute atomic E-state index is 0.794. The maximum Gasteiger partial charge on any atom is 0.119 e. The second-order valence-corrected chi connectivity index (χ2v) is 6.50. The van der Waals surface area contributed by atoms with Crippen molar-refractivity contribution in [2.45, 2.75) is 72.1 Å². The molecule has 0 heterocycles. The fourth-order valence-electron chi connectivity index (χ4n) is 2.72. The molecule has 0 spiro atoms. The monoisotopic (exact) mass is 319 g/mol. The van der Waals surface area contributed by atoms with Gasteiger partial charge in [0.1, 0.15) is 12.4 Å². The van der Waals surface area contributed by atoms with Crippen LogP contribution in [0.4, 0.5) is 0 Å². The van der Waals surface area contributed by atoms with Crippen molar-refractivity contribution in [3.05, 3.63) is 29.8 Å². The Morgan fingerprint density at radius 2 is 1.35 bits per heavy atom. The van der Waals surface area contributed by atoms with Gasteiger partial charge in [0.25, 0.3) is 0 Å². The average Bonchev–Trinajstić information content (AvgIpc) is 2.58. The van der Waals surface area contributed by atoms with Crippen molar-refractivity contribution < 1.29 is 4.74 Å². The van der Waals surface area contributed by atoms with Crippen molar-refractivity contribution in [2.75, 3.05) is 26.2 Å². The van der Waals surface area contributed by atoms with Crippen LogP contribution >= 0.6 is 0 Å². The number of hydrogen-bond donors (Lipinski definition) is 0. The molecule has 1 aromatic carbocycles. The Morgan fingerprint density at radius 1 is 0.739 bits per heavy atom. The van der Waals surface area contributed by atoms with E-state index >= 15 is 0 Å². The average molecular weight is 320 g/mol. The van der Waals surface area contributed by atoms with Crippen molar-refractivity contribution in [1.29, 1.82) is 0 Å². The Morgan fingerprint density at radius 3 is 1.91 bits per heavy atom. The topological polar surface area (TPSA) is 12.5 Å². The van der Waals surface area contributed by atoms with Crippen LogP contribution in [0.15, 0.2) is 24.3 Å². The predicted octanol–water partition coefficient (Wildman–Crippen LogP) is 5.70. The van der Waals surface area contributed by atoms with Crippen LogP contribution in [0.5, 0.6) is 5.75 Å². The number of benzene rings is 1. The molecule has 2 heteroatoms. The first-order chi connectivity index (χ1) is 11.3. The zero-order valence-corrected chi connectivity index (χ0v) is 15.7. The number of rotatable bonds is 14. The van der Waals surface area contributed by atoms with Gasteiger partial charge in [0.15, 0.2) is 0 Å². The summed E-state index contributed by atoms with van der Waals surface area (Å²) in [5, 5.41) is 0. The Bertz CT molecular complexity index is 366. The van der Waals surface area contributed by atoms with E-state index < -0.39 is 0 Å². The molecule has 0 aliphatic carbocycles. The third kappa shape index (κ3) is 9.65. The van der Waals surface area contributed by atoms with Crippen LogP contribution in [-0.2, 0) is 6.42 Å². The molecule has 132 valence electrons. The molecule has 2 nitrogen and oxygen atoms in total. The third-order valence-corrected chi connectivity index (χ3v) is 4.32. The molecule has 0 atom stereocenters. The Kier molecular flexibility index (Phi) is 11.7. The number of nitrogens with zero attached hydrogens (tertiary/aromatic N) is 1. The number of aryl methyl sites for hydroxylation is 1. The maximum absolute atomic E-state index is 5.94. The first-order valence-corrected chi connectivity index (χ1v) is 9.74. The van der Waals surface area contributed by atoms with Gasteiger partial charge in [-0.05, 0) is 56.5 Å². The molecule has 0 N–H and O–H groups in total. The van der Waals surface area contributed by atoms with E-state index in [1.165, 1.54) is 70.0 Å². The predicted molar refractivity (Wildman–Crippen MR) is 101 cm³/mol. The van der Waals surface area contributed by atoms with Crippen LogP contribution in [0.25, 0.3) is 0 Å². The van der Waals surface area contributed by atoms with Crippen LogP contribution in [0, 0.1) is 0 Å². The van der Waals surface area contributed by atoms with E-state index in [4.69, 9.17) is 4.74 Å². The van der Waals surface area contributed by atoms with E-state index in [2.05, 4.69) is 49.9 Å². The lowest BCUT2D eigenvalue weighted by Crippen LogP contribution is -2.30. The standard InChI is InChI=1S/C21H37NO/c1-4-7-10-11-20-12-14-21(15-13-20)23-19-18-22(16-8-5-2)17-9-6-3/h12-15H,4-11,16-19H2,1-3H3. The Labute approximate surface area is 144 Å². The van der Waals surface area contributed by atoms with E-state index in [0.29, 0.717) is 0 Å². The maximum atomic E-state index is 5.94. The molecule has 23 heavy (non-hydrogen) atoms. The van der Waals surface area contributed by atoms with Gasteiger partial charge in [0, 0.05) is 6.54 Å². The van der Waals surface area contributed by atoms with E-state index in [-0.39, 0.29) is 0 Å². The Hall–Kier alpha value is -1.02. The lowest BCUT2D eigenvalue weighted by atomic mass is 10.1. The van der Waals surface area contributed by atoms with Gasteiger partial charge in [-0.1, -0.05) is 58.6 Å². The minimum atomic E-state index is 0.794. The van der Waals surface area contributed by atoms with Crippen molar-refractivity contribution in [3.63, 3.8) is 0 Å². The third-order valence-electron chi connectivity index (χ3n) is 4.32. The molecule has 0 aliphatic heterocycles. The van der Waals surface area contributed by atoms with E-state index in [1.54, 1.807) is 0 Å². The quantitative estimate of drug-likeness (QED) is 0.408. The summed E-state index contributed by atoms with van der Waals surface area (Å²) in [4.78, 5) is 2.55. The molecule has 0 saturated heterocycles. The molecule has 0 amide bonds. The highest BCUT2D eigenvalue weighted by atomic mass is 16.5. The Balaban J connectivity index is 2.29. The molecular formula is C21H37NO. The summed E-state index contributed by atoms with van der Waals surface area (Å²) in [6, 6.07) is 8.70. The van der Waals surface area contributed by atoms with Gasteiger partial charge in [-0.3, -0.25) is 4.90 Å². The molecule has 0 unspecified atom stereocenters. The molecule has 0 aromatic heterocycles. The van der Waals surface area contributed by atoms with Crippen molar-refractivity contribution in [2.24, 2.45) is 0 Å². The second-order valence-electron chi connectivity index (χ2n) is 6.50. The number of unbranched alkanes of at least 4 members (excludes halogenated alkanes) is 4. The van der Waals surface area contributed by atoms with Crippen molar-refractivity contribution in [3.8, 4) is 5.75 Å². The molecular weight excluding hydrogens is 282 g/mol. The lowest BCUT2D eigenvalue weighted by Gasteiger charge is -2.22. The molecule has 0 bridgehead atoms. The van der Waals surface area contributed by atoms with E-state index in [1.807, 2.05) is 0 Å². The first-order valence-electron chi connectivity index (χ1n) is 9.74. The molecule has 0 radical (unpaired) electrons. The molecule has 0 saturated carbocycles. The van der Waals surface area contributed by atoms with Crippen molar-refractivity contribution in [1.82, 2.24) is 4.90 Å². The summed E-state index contributed by atoms with van der Waals surface area (Å²) in [6.07, 6.45) is 10.2. The van der Waals surface area contributed by atoms with Crippen LogP contribution in [0.3, 0.4) is 0 Å². The van der Waals surface area contributed by atoms with Gasteiger partial charge in [-0.2, -0.15) is 0 Å². The number of ether oxygens (including phenoxy) is 1. The fourth-order valence-corrected chi connectivity index (χ4v) is 2.72. The highest BCUT2D eigenvalue weighted by molar-refractivity contribution is 5.27. The van der Waals surface area contributed by atoms with Crippen LogP contribution in [-0.4, -0.2) is 31.1 Å². The van der Waals surface area contributed by atoms with Crippen LogP contribution in [0.2, 0.25) is 0 Å². The largest absolute Gasteiger partial charge is 0.492 e. The minimum Gasteiger partial charge on any atom is -0.492 e.